The van der Waals surface area contributed by atoms with Crippen molar-refractivity contribution in [3.8, 4) is 0 Å². The largest absolute Gasteiger partial charge is 0.440 e. The Hall–Kier alpha value is -1.68. The summed E-state index contributed by atoms with van der Waals surface area (Å²) < 4.78 is 6.03. The molecule has 0 N–H and O–H groups in total. The molecule has 0 spiro atoms. The number of piperidine rings is 1. The third-order valence-electron chi connectivity index (χ3n) is 5.27. The highest BCUT2D eigenvalue weighted by molar-refractivity contribution is 6.02. The van der Waals surface area contributed by atoms with Gasteiger partial charge < -0.3 is 9.32 Å². The molecule has 0 bridgehead atoms. The van der Waals surface area contributed by atoms with Crippen LogP contribution in [0.2, 0.25) is 0 Å². The van der Waals surface area contributed by atoms with Crippen LogP contribution in [0.4, 0.5) is 0 Å². The van der Waals surface area contributed by atoms with Crippen LogP contribution >= 0.6 is 0 Å². The van der Waals surface area contributed by atoms with Crippen LogP contribution in [0.3, 0.4) is 0 Å². The number of benzene rings is 1. The maximum Gasteiger partial charge on any atom is 0.198 e. The lowest BCUT2D eigenvalue weighted by atomic mass is 9.96. The lowest BCUT2D eigenvalue weighted by Gasteiger charge is -2.26. The second kappa shape index (κ2) is 6.08. The van der Waals surface area contributed by atoms with E-state index >= 15 is 0 Å². The van der Waals surface area contributed by atoms with Crippen molar-refractivity contribution >= 4 is 16.8 Å². The molecule has 23 heavy (non-hydrogen) atoms. The Morgan fingerprint density at radius 1 is 1.17 bits per heavy atom. The van der Waals surface area contributed by atoms with Crippen molar-refractivity contribution < 1.29 is 4.42 Å². The van der Waals surface area contributed by atoms with Crippen molar-refractivity contribution in [3.63, 3.8) is 0 Å². The van der Waals surface area contributed by atoms with Gasteiger partial charge in [-0.3, -0.25) is 4.99 Å². The van der Waals surface area contributed by atoms with Crippen LogP contribution in [0.25, 0.3) is 11.1 Å². The summed E-state index contributed by atoms with van der Waals surface area (Å²) >= 11 is 0. The van der Waals surface area contributed by atoms with E-state index in [1.54, 1.807) is 0 Å². The van der Waals surface area contributed by atoms with Gasteiger partial charge in [-0.25, -0.2) is 4.98 Å². The molecule has 1 saturated heterocycles. The van der Waals surface area contributed by atoms with Gasteiger partial charge in [0.25, 0.3) is 0 Å². The number of rotatable bonds is 2. The quantitative estimate of drug-likeness (QED) is 0.846. The predicted molar refractivity (Wildman–Crippen MR) is 93.3 cm³/mol. The molecule has 2 aromatic rings. The number of aromatic nitrogens is 1. The van der Waals surface area contributed by atoms with Crippen molar-refractivity contribution in [1.82, 2.24) is 9.88 Å². The molecule has 4 rings (SSSR count). The van der Waals surface area contributed by atoms with E-state index in [1.165, 1.54) is 17.7 Å². The molecule has 2 aliphatic rings. The topological polar surface area (TPSA) is 41.6 Å². The minimum atomic E-state index is 0.468. The zero-order valence-electron chi connectivity index (χ0n) is 14.1. The van der Waals surface area contributed by atoms with Gasteiger partial charge in [0.1, 0.15) is 5.52 Å². The molecular formula is C19H25N3O. The van der Waals surface area contributed by atoms with Gasteiger partial charge in [0.05, 0.1) is 0 Å². The Kier molecular flexibility index (Phi) is 3.93. The summed E-state index contributed by atoms with van der Waals surface area (Å²) in [5.41, 5.74) is 4.34. The summed E-state index contributed by atoms with van der Waals surface area (Å²) in [5, 5.41) is 0. The van der Waals surface area contributed by atoms with E-state index in [1.807, 2.05) is 0 Å². The standard InChI is InChI=1S/C19H25N3O/c1-13-3-5-16(20-12-13)15-4-6-18-17(11-15)21-19(23-18)14-7-9-22(2)10-8-14/h4,6,11,13-14H,3,5,7-10,12H2,1-2H3/t13-/m0/s1. The number of nitrogens with zero attached hydrogens (tertiary/aromatic N) is 3. The van der Waals surface area contributed by atoms with E-state index in [-0.39, 0.29) is 0 Å². The van der Waals surface area contributed by atoms with Crippen LogP contribution in [-0.2, 0) is 0 Å². The summed E-state index contributed by atoms with van der Waals surface area (Å²) in [7, 11) is 2.18. The summed E-state index contributed by atoms with van der Waals surface area (Å²) in [6.07, 6.45) is 4.59. The average Bonchev–Trinajstić information content (AvgIpc) is 2.99. The van der Waals surface area contributed by atoms with Gasteiger partial charge in [-0.05, 0) is 75.5 Å². The van der Waals surface area contributed by atoms with Gasteiger partial charge >= 0.3 is 0 Å². The first-order chi connectivity index (χ1) is 11.2. The minimum absolute atomic E-state index is 0.468. The summed E-state index contributed by atoms with van der Waals surface area (Å²) in [6.45, 7) is 5.48. The van der Waals surface area contributed by atoms with E-state index in [4.69, 9.17) is 14.4 Å². The summed E-state index contributed by atoms with van der Waals surface area (Å²) in [6, 6.07) is 6.36. The van der Waals surface area contributed by atoms with Crippen LogP contribution in [-0.4, -0.2) is 42.3 Å². The number of oxazole rings is 1. The zero-order valence-corrected chi connectivity index (χ0v) is 14.1. The van der Waals surface area contributed by atoms with Gasteiger partial charge in [-0.15, -0.1) is 0 Å². The number of hydrogen-bond acceptors (Lipinski definition) is 4. The fourth-order valence-corrected chi connectivity index (χ4v) is 3.61. The molecule has 0 amide bonds. The highest BCUT2D eigenvalue weighted by Gasteiger charge is 2.23. The van der Waals surface area contributed by atoms with E-state index in [0.29, 0.717) is 11.8 Å². The van der Waals surface area contributed by atoms with Gasteiger partial charge in [-0.1, -0.05) is 6.92 Å². The lowest BCUT2D eigenvalue weighted by Crippen LogP contribution is -2.29. The second-order valence-electron chi connectivity index (χ2n) is 7.24. The molecule has 0 unspecified atom stereocenters. The number of likely N-dealkylation sites (tertiary alicyclic amines) is 1. The molecule has 0 radical (unpaired) electrons. The number of fused-ring (bicyclic) bond motifs is 1. The molecule has 1 atom stereocenters. The molecule has 2 aliphatic heterocycles. The van der Waals surface area contributed by atoms with Crippen LogP contribution in [0.5, 0.6) is 0 Å². The SMILES string of the molecule is C[C@H]1CCC(c2ccc3oc(C4CCN(C)CC4)nc3c2)=NC1. The maximum atomic E-state index is 6.03. The first kappa shape index (κ1) is 14.9. The first-order valence-electron chi connectivity index (χ1n) is 8.82. The van der Waals surface area contributed by atoms with Crippen molar-refractivity contribution in [3.05, 3.63) is 29.7 Å². The first-order valence-corrected chi connectivity index (χ1v) is 8.82. The Labute approximate surface area is 137 Å². The summed E-state index contributed by atoms with van der Waals surface area (Å²) in [5.74, 6) is 2.10. The Balaban J connectivity index is 1.60. The monoisotopic (exact) mass is 311 g/mol. The third kappa shape index (κ3) is 3.05. The molecule has 3 heterocycles. The van der Waals surface area contributed by atoms with Crippen molar-refractivity contribution in [2.45, 2.75) is 38.5 Å². The highest BCUT2D eigenvalue weighted by Crippen LogP contribution is 2.30. The molecule has 0 saturated carbocycles. The predicted octanol–water partition coefficient (Wildman–Crippen LogP) is 3.86. The fraction of sp³-hybridized carbons (Fsp3) is 0.579. The molecule has 122 valence electrons. The highest BCUT2D eigenvalue weighted by atomic mass is 16.3. The van der Waals surface area contributed by atoms with E-state index in [2.05, 4.69) is 37.1 Å². The van der Waals surface area contributed by atoms with Crippen LogP contribution < -0.4 is 0 Å². The van der Waals surface area contributed by atoms with E-state index in [0.717, 1.165) is 55.9 Å². The average molecular weight is 311 g/mol. The Bertz CT molecular complexity index is 725. The minimum Gasteiger partial charge on any atom is -0.440 e. The molecular weight excluding hydrogens is 286 g/mol. The summed E-state index contributed by atoms with van der Waals surface area (Å²) in [4.78, 5) is 11.9. The van der Waals surface area contributed by atoms with Crippen LogP contribution in [0.15, 0.2) is 27.6 Å². The normalized spacial score (nSPS) is 24.1. The van der Waals surface area contributed by atoms with E-state index < -0.39 is 0 Å². The fourth-order valence-electron chi connectivity index (χ4n) is 3.61. The van der Waals surface area contributed by atoms with Crippen LogP contribution in [0, 0.1) is 5.92 Å². The van der Waals surface area contributed by atoms with Crippen LogP contribution in [0.1, 0.15) is 50.0 Å². The number of hydrogen-bond donors (Lipinski definition) is 0. The van der Waals surface area contributed by atoms with Gasteiger partial charge in [-0.2, -0.15) is 0 Å². The molecule has 0 aliphatic carbocycles. The Morgan fingerprint density at radius 2 is 2.00 bits per heavy atom. The zero-order chi connectivity index (χ0) is 15.8. The van der Waals surface area contributed by atoms with Gasteiger partial charge in [0.15, 0.2) is 11.5 Å². The lowest BCUT2D eigenvalue weighted by molar-refractivity contribution is 0.239. The van der Waals surface area contributed by atoms with Crippen molar-refractivity contribution in [1.29, 1.82) is 0 Å². The Morgan fingerprint density at radius 3 is 2.74 bits per heavy atom. The van der Waals surface area contributed by atoms with Gasteiger partial charge in [0, 0.05) is 18.2 Å². The molecule has 4 heteroatoms. The molecule has 1 aromatic carbocycles. The van der Waals surface area contributed by atoms with Gasteiger partial charge in [0.2, 0.25) is 0 Å². The van der Waals surface area contributed by atoms with E-state index in [9.17, 15) is 0 Å². The van der Waals surface area contributed by atoms with Crippen molar-refractivity contribution in [2.24, 2.45) is 10.9 Å². The maximum absolute atomic E-state index is 6.03. The molecule has 1 fully saturated rings. The number of aliphatic imine (C=N–C) groups is 1. The van der Waals surface area contributed by atoms with Crippen molar-refractivity contribution in [2.75, 3.05) is 26.7 Å². The third-order valence-corrected chi connectivity index (χ3v) is 5.27. The second-order valence-corrected chi connectivity index (χ2v) is 7.24. The smallest absolute Gasteiger partial charge is 0.198 e. The molecule has 4 nitrogen and oxygen atoms in total. The molecule has 1 aromatic heterocycles.